The molecule has 33 heavy (non-hydrogen) atoms. The van der Waals surface area contributed by atoms with Gasteiger partial charge in [-0.3, -0.25) is 4.79 Å². The first-order valence-electron chi connectivity index (χ1n) is 10.7. The van der Waals surface area contributed by atoms with E-state index in [4.69, 9.17) is 15.2 Å². The lowest BCUT2D eigenvalue weighted by molar-refractivity contribution is 0.0526. The van der Waals surface area contributed by atoms with Crippen molar-refractivity contribution in [2.45, 2.75) is 25.3 Å². The van der Waals surface area contributed by atoms with Crippen LogP contribution in [0.2, 0.25) is 0 Å². The normalized spacial score (nSPS) is 14.1. The zero-order valence-electron chi connectivity index (χ0n) is 18.5. The van der Waals surface area contributed by atoms with Crippen LogP contribution in [0.15, 0.2) is 35.4 Å². The van der Waals surface area contributed by atoms with E-state index in [1.54, 1.807) is 19.1 Å². The molecule has 0 unspecified atom stereocenters. The van der Waals surface area contributed by atoms with E-state index in [0.717, 1.165) is 0 Å². The standard InChI is InChI=1S/C23H26FN5O4/c1-3-33-22(31)13-4-5-15(29-12-13)26-10-11-28-20-18(24)17(23(25)7-8-23)16-14(30)6-9-27-19(16)21(20)32-2/h4-6,9,12,28H,3,7-8,10-11,25H2,1-2H3,(H,26,29)(H,27,30). The van der Waals surface area contributed by atoms with Crippen LogP contribution in [-0.2, 0) is 10.3 Å². The van der Waals surface area contributed by atoms with Gasteiger partial charge in [0.2, 0.25) is 0 Å². The molecule has 5 N–H and O–H groups in total. The quantitative estimate of drug-likeness (QED) is 0.286. The largest absolute Gasteiger partial charge is 0.492 e. The Kier molecular flexibility index (Phi) is 6.19. The summed E-state index contributed by atoms with van der Waals surface area (Å²) in [5.41, 5.74) is 6.29. The Morgan fingerprint density at radius 2 is 2.03 bits per heavy atom. The molecule has 2 heterocycles. The first-order chi connectivity index (χ1) is 15.9. The summed E-state index contributed by atoms with van der Waals surface area (Å²) >= 11 is 0. The summed E-state index contributed by atoms with van der Waals surface area (Å²) in [6.45, 7) is 2.76. The molecule has 4 rings (SSSR count). The number of H-pyrrole nitrogens is 1. The van der Waals surface area contributed by atoms with Crippen molar-refractivity contribution < 1.29 is 18.7 Å². The number of methoxy groups -OCH3 is 1. The number of hydrogen-bond acceptors (Lipinski definition) is 8. The number of fused-ring (bicyclic) bond motifs is 1. The SMILES string of the molecule is CCOC(=O)c1ccc(NCCNc2c(F)c(C3(N)CC3)c3c(=O)cc[nH]c3c2OC)nc1. The van der Waals surface area contributed by atoms with E-state index < -0.39 is 17.3 Å². The molecule has 0 amide bonds. The summed E-state index contributed by atoms with van der Waals surface area (Å²) in [5.74, 6) is -0.239. The zero-order chi connectivity index (χ0) is 23.6. The van der Waals surface area contributed by atoms with E-state index in [1.165, 1.54) is 25.6 Å². The number of pyridine rings is 2. The van der Waals surface area contributed by atoms with Gasteiger partial charge < -0.3 is 30.8 Å². The minimum absolute atomic E-state index is 0.144. The second-order valence-corrected chi connectivity index (χ2v) is 7.85. The van der Waals surface area contributed by atoms with Gasteiger partial charge in [0.1, 0.15) is 11.5 Å². The fourth-order valence-corrected chi connectivity index (χ4v) is 3.79. The molecule has 1 aliphatic rings. The highest BCUT2D eigenvalue weighted by atomic mass is 19.1. The van der Waals surface area contributed by atoms with E-state index in [1.807, 2.05) is 0 Å². The molecule has 1 aliphatic carbocycles. The van der Waals surface area contributed by atoms with E-state index >= 15 is 4.39 Å². The fraction of sp³-hybridized carbons (Fsp3) is 0.348. The Balaban J connectivity index is 1.53. The Bertz CT molecular complexity index is 1240. The van der Waals surface area contributed by atoms with Gasteiger partial charge in [0.15, 0.2) is 17.0 Å². The van der Waals surface area contributed by atoms with Gasteiger partial charge in [-0.1, -0.05) is 0 Å². The summed E-state index contributed by atoms with van der Waals surface area (Å²) in [7, 11) is 1.42. The van der Waals surface area contributed by atoms with Crippen molar-refractivity contribution in [1.29, 1.82) is 0 Å². The smallest absolute Gasteiger partial charge is 0.339 e. The number of aromatic amines is 1. The Hall–Kier alpha value is -3.66. The minimum Gasteiger partial charge on any atom is -0.492 e. The lowest BCUT2D eigenvalue weighted by Gasteiger charge is -2.21. The van der Waals surface area contributed by atoms with Crippen molar-refractivity contribution in [1.82, 2.24) is 9.97 Å². The van der Waals surface area contributed by atoms with Crippen molar-refractivity contribution in [2.75, 3.05) is 37.4 Å². The summed E-state index contributed by atoms with van der Waals surface area (Å²) in [5, 5.41) is 6.38. The Morgan fingerprint density at radius 3 is 2.67 bits per heavy atom. The molecule has 1 fully saturated rings. The first-order valence-corrected chi connectivity index (χ1v) is 10.7. The third-order valence-corrected chi connectivity index (χ3v) is 5.60. The number of rotatable bonds is 9. The van der Waals surface area contributed by atoms with E-state index in [2.05, 4.69) is 20.6 Å². The van der Waals surface area contributed by atoms with Crippen LogP contribution in [0.5, 0.6) is 5.75 Å². The van der Waals surface area contributed by atoms with Crippen molar-refractivity contribution in [3.05, 3.63) is 57.8 Å². The van der Waals surface area contributed by atoms with Crippen LogP contribution in [0.25, 0.3) is 10.9 Å². The molecule has 1 aromatic carbocycles. The molecular weight excluding hydrogens is 429 g/mol. The zero-order valence-corrected chi connectivity index (χ0v) is 18.5. The van der Waals surface area contributed by atoms with Crippen LogP contribution >= 0.6 is 0 Å². The van der Waals surface area contributed by atoms with Crippen molar-refractivity contribution >= 4 is 28.4 Å². The van der Waals surface area contributed by atoms with Gasteiger partial charge in [-0.15, -0.1) is 0 Å². The monoisotopic (exact) mass is 455 g/mol. The number of halogens is 1. The lowest BCUT2D eigenvalue weighted by Crippen LogP contribution is -2.25. The van der Waals surface area contributed by atoms with Gasteiger partial charge in [-0.2, -0.15) is 0 Å². The maximum Gasteiger partial charge on any atom is 0.339 e. The lowest BCUT2D eigenvalue weighted by atomic mass is 9.97. The average Bonchev–Trinajstić information content (AvgIpc) is 3.55. The molecule has 0 atom stereocenters. The van der Waals surface area contributed by atoms with Crippen LogP contribution in [-0.4, -0.2) is 42.7 Å². The molecule has 0 bridgehead atoms. The van der Waals surface area contributed by atoms with Crippen molar-refractivity contribution in [3.63, 3.8) is 0 Å². The number of nitrogens with two attached hydrogens (primary N) is 1. The van der Waals surface area contributed by atoms with Crippen LogP contribution in [0.3, 0.4) is 0 Å². The fourth-order valence-electron chi connectivity index (χ4n) is 3.79. The van der Waals surface area contributed by atoms with Crippen LogP contribution in [0.4, 0.5) is 15.9 Å². The number of aromatic nitrogens is 2. The number of hydrogen-bond donors (Lipinski definition) is 4. The highest BCUT2D eigenvalue weighted by Gasteiger charge is 2.45. The molecule has 10 heteroatoms. The number of benzene rings is 1. The summed E-state index contributed by atoms with van der Waals surface area (Å²) in [6.07, 6.45) is 4.14. The molecular formula is C23H26FN5O4. The molecule has 1 saturated carbocycles. The van der Waals surface area contributed by atoms with Crippen LogP contribution in [0.1, 0.15) is 35.7 Å². The predicted octanol–water partition coefficient (Wildman–Crippen LogP) is 2.72. The highest BCUT2D eigenvalue weighted by molar-refractivity contribution is 5.94. The molecule has 2 aromatic heterocycles. The molecule has 0 radical (unpaired) electrons. The first kappa shape index (κ1) is 22.5. The number of ether oxygens (including phenoxy) is 2. The summed E-state index contributed by atoms with van der Waals surface area (Å²) in [6, 6.07) is 4.64. The summed E-state index contributed by atoms with van der Waals surface area (Å²) in [4.78, 5) is 31.5. The molecule has 0 spiro atoms. The maximum atomic E-state index is 15.6. The number of anilines is 2. The van der Waals surface area contributed by atoms with Crippen molar-refractivity contribution in [3.8, 4) is 5.75 Å². The van der Waals surface area contributed by atoms with Gasteiger partial charge in [-0.25, -0.2) is 14.2 Å². The predicted molar refractivity (Wildman–Crippen MR) is 123 cm³/mol. The number of carbonyl (C=O) groups is 1. The number of nitrogens with one attached hydrogen (secondary N) is 3. The second-order valence-electron chi connectivity index (χ2n) is 7.85. The van der Waals surface area contributed by atoms with E-state index in [0.29, 0.717) is 49.4 Å². The van der Waals surface area contributed by atoms with Gasteiger partial charge in [0.25, 0.3) is 0 Å². The van der Waals surface area contributed by atoms with Crippen molar-refractivity contribution in [2.24, 2.45) is 5.73 Å². The van der Waals surface area contributed by atoms with Gasteiger partial charge >= 0.3 is 5.97 Å². The molecule has 174 valence electrons. The minimum atomic E-state index is -0.859. The Labute approximate surface area is 189 Å². The number of esters is 1. The highest BCUT2D eigenvalue weighted by Crippen LogP contribution is 2.49. The van der Waals surface area contributed by atoms with Gasteiger partial charge in [-0.05, 0) is 31.9 Å². The number of carbonyl (C=O) groups excluding carboxylic acids is 1. The third-order valence-electron chi connectivity index (χ3n) is 5.60. The second kappa shape index (κ2) is 9.07. The molecule has 9 nitrogen and oxygen atoms in total. The van der Waals surface area contributed by atoms with Gasteiger partial charge in [0, 0.05) is 42.7 Å². The van der Waals surface area contributed by atoms with Crippen LogP contribution in [0, 0.1) is 5.82 Å². The number of nitrogens with zero attached hydrogens (tertiary/aromatic N) is 1. The topological polar surface area (TPSA) is 131 Å². The van der Waals surface area contributed by atoms with E-state index in [-0.39, 0.29) is 27.8 Å². The summed E-state index contributed by atoms with van der Waals surface area (Å²) < 4.78 is 26.0. The Morgan fingerprint density at radius 1 is 1.27 bits per heavy atom. The average molecular weight is 455 g/mol. The van der Waals surface area contributed by atoms with Crippen LogP contribution < -0.4 is 26.5 Å². The maximum absolute atomic E-state index is 15.6. The third kappa shape index (κ3) is 4.34. The van der Waals surface area contributed by atoms with Gasteiger partial charge in [0.05, 0.1) is 30.2 Å². The molecule has 3 aromatic rings. The van der Waals surface area contributed by atoms with E-state index in [9.17, 15) is 9.59 Å². The molecule has 0 saturated heterocycles. The molecule has 0 aliphatic heterocycles.